The van der Waals surface area contributed by atoms with Gasteiger partial charge < -0.3 is 19.5 Å². The molecular formula is C13H23N3O3. The van der Waals surface area contributed by atoms with Gasteiger partial charge in [-0.05, 0) is 13.8 Å². The zero-order valence-corrected chi connectivity index (χ0v) is 11.9. The minimum absolute atomic E-state index is 0.580. The number of rotatable bonds is 10. The number of ether oxygens (including phenoxy) is 3. The molecule has 0 atom stereocenters. The Kier molecular flexibility index (Phi) is 7.84. The maximum Gasteiger partial charge on any atom is 0.225 e. The summed E-state index contributed by atoms with van der Waals surface area (Å²) >= 11 is 0. The van der Waals surface area contributed by atoms with Crippen molar-refractivity contribution in [3.8, 4) is 5.88 Å². The first-order valence-electron chi connectivity index (χ1n) is 6.55. The number of hydrogen-bond acceptors (Lipinski definition) is 6. The highest BCUT2D eigenvalue weighted by molar-refractivity contribution is 5.32. The molecule has 0 unspecified atom stereocenters. The van der Waals surface area contributed by atoms with E-state index in [1.807, 2.05) is 13.8 Å². The number of hydrogen-bond donors (Lipinski definition) is 1. The molecule has 0 amide bonds. The van der Waals surface area contributed by atoms with Crippen LogP contribution in [0, 0.1) is 6.92 Å². The normalized spacial score (nSPS) is 10.5. The summed E-state index contributed by atoms with van der Waals surface area (Å²) in [4.78, 5) is 8.47. The number of nitrogens with zero attached hydrogens (tertiary/aromatic N) is 2. The van der Waals surface area contributed by atoms with Gasteiger partial charge in [-0.25, -0.2) is 4.98 Å². The molecule has 6 nitrogen and oxygen atoms in total. The maximum absolute atomic E-state index is 5.63. The van der Waals surface area contributed by atoms with E-state index in [1.165, 1.54) is 0 Å². The molecule has 0 aliphatic rings. The fourth-order valence-electron chi connectivity index (χ4n) is 1.39. The molecule has 1 aromatic rings. The lowest BCUT2D eigenvalue weighted by Crippen LogP contribution is -2.09. The highest BCUT2D eigenvalue weighted by Crippen LogP contribution is 2.15. The molecule has 6 heteroatoms. The Hall–Kier alpha value is -1.40. The van der Waals surface area contributed by atoms with Crippen molar-refractivity contribution in [3.05, 3.63) is 11.8 Å². The van der Waals surface area contributed by atoms with Gasteiger partial charge in [0.25, 0.3) is 0 Å². The Morgan fingerprint density at radius 3 is 2.79 bits per heavy atom. The van der Waals surface area contributed by atoms with Crippen molar-refractivity contribution >= 4 is 5.95 Å². The number of nitrogens with one attached hydrogen (secondary N) is 1. The number of anilines is 1. The van der Waals surface area contributed by atoms with E-state index >= 15 is 0 Å². The molecule has 19 heavy (non-hydrogen) atoms. The van der Waals surface area contributed by atoms with Gasteiger partial charge in [-0.3, -0.25) is 0 Å². The Morgan fingerprint density at radius 2 is 2.05 bits per heavy atom. The molecular weight excluding hydrogens is 246 g/mol. The van der Waals surface area contributed by atoms with E-state index in [-0.39, 0.29) is 0 Å². The Morgan fingerprint density at radius 1 is 1.21 bits per heavy atom. The Balaban J connectivity index is 2.26. The number of aryl methyl sites for hydroxylation is 1. The predicted octanol–water partition coefficient (Wildman–Crippen LogP) is 1.65. The lowest BCUT2D eigenvalue weighted by molar-refractivity contribution is 0.0641. The van der Waals surface area contributed by atoms with Gasteiger partial charge in [0.05, 0.1) is 19.8 Å². The van der Waals surface area contributed by atoms with E-state index in [1.54, 1.807) is 13.3 Å². The van der Waals surface area contributed by atoms with Crippen LogP contribution >= 0.6 is 0 Å². The zero-order valence-electron chi connectivity index (χ0n) is 11.9. The molecule has 1 heterocycles. The van der Waals surface area contributed by atoms with E-state index in [0.717, 1.165) is 18.5 Å². The molecule has 0 radical (unpaired) electrons. The van der Waals surface area contributed by atoms with Gasteiger partial charge in [-0.2, -0.15) is 4.98 Å². The van der Waals surface area contributed by atoms with Gasteiger partial charge >= 0.3 is 0 Å². The maximum atomic E-state index is 5.63. The second kappa shape index (κ2) is 9.52. The SMILES string of the molecule is CCNc1ncc(C)c(OCCCOCCOC)n1. The number of aromatic nitrogens is 2. The third kappa shape index (κ3) is 6.35. The topological polar surface area (TPSA) is 65.5 Å². The number of methoxy groups -OCH3 is 1. The molecule has 0 aliphatic heterocycles. The quantitative estimate of drug-likeness (QED) is 0.652. The highest BCUT2D eigenvalue weighted by Gasteiger charge is 2.04. The van der Waals surface area contributed by atoms with Crippen molar-refractivity contribution in [2.75, 3.05) is 45.4 Å². The smallest absolute Gasteiger partial charge is 0.225 e. The Labute approximate surface area is 114 Å². The van der Waals surface area contributed by atoms with Gasteiger partial charge in [0.2, 0.25) is 11.8 Å². The molecule has 0 spiro atoms. The first-order chi connectivity index (χ1) is 9.27. The summed E-state index contributed by atoms with van der Waals surface area (Å²) < 4.78 is 15.9. The van der Waals surface area contributed by atoms with E-state index in [9.17, 15) is 0 Å². The summed E-state index contributed by atoms with van der Waals surface area (Å²) in [5.41, 5.74) is 0.932. The van der Waals surface area contributed by atoms with Crippen molar-refractivity contribution in [1.29, 1.82) is 0 Å². The molecule has 108 valence electrons. The molecule has 0 fully saturated rings. The first kappa shape index (κ1) is 15.7. The van der Waals surface area contributed by atoms with Crippen LogP contribution in [0.15, 0.2) is 6.20 Å². The zero-order chi connectivity index (χ0) is 13.9. The van der Waals surface area contributed by atoms with Gasteiger partial charge in [0.1, 0.15) is 0 Å². The lowest BCUT2D eigenvalue weighted by atomic mass is 10.4. The molecule has 0 aliphatic carbocycles. The first-order valence-corrected chi connectivity index (χ1v) is 6.55. The van der Waals surface area contributed by atoms with E-state index < -0.39 is 0 Å². The van der Waals surface area contributed by atoms with Gasteiger partial charge in [0, 0.05) is 38.4 Å². The van der Waals surface area contributed by atoms with Gasteiger partial charge in [-0.1, -0.05) is 0 Å². The second-order valence-electron chi connectivity index (χ2n) is 4.02. The van der Waals surface area contributed by atoms with Crippen molar-refractivity contribution < 1.29 is 14.2 Å². The summed E-state index contributed by atoms with van der Waals surface area (Å²) in [7, 11) is 1.66. The lowest BCUT2D eigenvalue weighted by Gasteiger charge is -2.09. The van der Waals surface area contributed by atoms with Crippen LogP contribution < -0.4 is 10.1 Å². The molecule has 0 saturated carbocycles. The van der Waals surface area contributed by atoms with Gasteiger partial charge in [0.15, 0.2) is 0 Å². The standard InChI is InChI=1S/C13H23N3O3/c1-4-14-13-15-10-11(2)12(16-13)19-7-5-6-18-9-8-17-3/h10H,4-9H2,1-3H3,(H,14,15,16). The van der Waals surface area contributed by atoms with Crippen LogP contribution in [0.3, 0.4) is 0 Å². The van der Waals surface area contributed by atoms with Crippen molar-refractivity contribution in [1.82, 2.24) is 9.97 Å². The summed E-state index contributed by atoms with van der Waals surface area (Å²) in [5, 5.41) is 3.06. The van der Waals surface area contributed by atoms with Crippen LogP contribution in [0.5, 0.6) is 5.88 Å². The largest absolute Gasteiger partial charge is 0.477 e. The fraction of sp³-hybridized carbons (Fsp3) is 0.692. The predicted molar refractivity (Wildman–Crippen MR) is 73.7 cm³/mol. The van der Waals surface area contributed by atoms with Crippen LogP contribution in [0.25, 0.3) is 0 Å². The summed E-state index contributed by atoms with van der Waals surface area (Å²) in [6.45, 7) is 7.20. The summed E-state index contributed by atoms with van der Waals surface area (Å²) in [6, 6.07) is 0. The van der Waals surface area contributed by atoms with E-state index in [0.29, 0.717) is 38.3 Å². The third-order valence-electron chi connectivity index (χ3n) is 2.36. The van der Waals surface area contributed by atoms with Crippen molar-refractivity contribution in [2.45, 2.75) is 20.3 Å². The molecule has 0 bridgehead atoms. The van der Waals surface area contributed by atoms with E-state index in [2.05, 4.69) is 15.3 Å². The molecule has 0 saturated heterocycles. The average Bonchev–Trinajstić information content (AvgIpc) is 2.41. The molecule has 1 N–H and O–H groups in total. The summed E-state index contributed by atoms with van der Waals surface area (Å²) in [6.07, 6.45) is 2.58. The van der Waals surface area contributed by atoms with E-state index in [4.69, 9.17) is 14.2 Å². The third-order valence-corrected chi connectivity index (χ3v) is 2.36. The van der Waals surface area contributed by atoms with Crippen LogP contribution in [-0.4, -0.2) is 50.1 Å². The molecule has 1 aromatic heterocycles. The van der Waals surface area contributed by atoms with Crippen LogP contribution in [0.4, 0.5) is 5.95 Å². The van der Waals surface area contributed by atoms with Crippen molar-refractivity contribution in [3.63, 3.8) is 0 Å². The fourth-order valence-corrected chi connectivity index (χ4v) is 1.39. The average molecular weight is 269 g/mol. The van der Waals surface area contributed by atoms with Crippen LogP contribution in [0.1, 0.15) is 18.9 Å². The Bertz CT molecular complexity index is 361. The summed E-state index contributed by atoms with van der Waals surface area (Å²) in [5.74, 6) is 1.22. The second-order valence-corrected chi connectivity index (χ2v) is 4.02. The monoisotopic (exact) mass is 269 g/mol. The van der Waals surface area contributed by atoms with Crippen LogP contribution in [-0.2, 0) is 9.47 Å². The highest BCUT2D eigenvalue weighted by atomic mass is 16.5. The van der Waals surface area contributed by atoms with Crippen molar-refractivity contribution in [2.24, 2.45) is 0 Å². The minimum Gasteiger partial charge on any atom is -0.477 e. The molecule has 0 aromatic carbocycles. The van der Waals surface area contributed by atoms with Gasteiger partial charge in [-0.15, -0.1) is 0 Å². The minimum atomic E-state index is 0.580. The van der Waals surface area contributed by atoms with Crippen LogP contribution in [0.2, 0.25) is 0 Å². The molecule has 1 rings (SSSR count).